The first-order valence-corrected chi connectivity index (χ1v) is 14.0. The summed E-state index contributed by atoms with van der Waals surface area (Å²) in [5, 5.41) is 3.00. The lowest BCUT2D eigenvalue weighted by Crippen LogP contribution is -2.50. The standard InChI is InChI=1S/C32H37FN4O3/c1-37(31(39)40-2)26-14-8-21(9-15-26)16-30(38)36-29-17-27(22-6-4-3-5-7-22)28(20-35-29)23-10-12-24(13-11-23)32(34)18-25(33)19-32/h3-7,10-13,17,20-21,25-26H,8-9,14-16,18-19,34H2,1-2H3,(H,35,36,38)/t21-,25-,26-,32-. The van der Waals surface area contributed by atoms with Crippen LogP contribution in [0.5, 0.6) is 0 Å². The smallest absolute Gasteiger partial charge is 0.409 e. The summed E-state index contributed by atoms with van der Waals surface area (Å²) >= 11 is 0. The molecule has 2 amide bonds. The molecule has 2 fully saturated rings. The predicted molar refractivity (Wildman–Crippen MR) is 154 cm³/mol. The van der Waals surface area contributed by atoms with E-state index in [1.165, 1.54) is 7.11 Å². The van der Waals surface area contributed by atoms with E-state index in [4.69, 9.17) is 10.5 Å². The number of rotatable bonds is 7. The maximum atomic E-state index is 13.5. The van der Waals surface area contributed by atoms with Gasteiger partial charge in [-0.05, 0) is 59.9 Å². The molecular formula is C32H37FN4O3. The molecule has 5 rings (SSSR count). The number of alkyl halides is 1. The van der Waals surface area contributed by atoms with Gasteiger partial charge in [0.25, 0.3) is 0 Å². The number of aromatic nitrogens is 1. The highest BCUT2D eigenvalue weighted by Crippen LogP contribution is 2.42. The lowest BCUT2D eigenvalue weighted by molar-refractivity contribution is -0.117. The van der Waals surface area contributed by atoms with Crippen molar-refractivity contribution >= 4 is 17.8 Å². The van der Waals surface area contributed by atoms with Crippen molar-refractivity contribution in [2.45, 2.75) is 62.7 Å². The van der Waals surface area contributed by atoms with Crippen LogP contribution in [0.4, 0.5) is 15.0 Å². The van der Waals surface area contributed by atoms with Crippen LogP contribution in [0.2, 0.25) is 0 Å². The number of nitrogens with two attached hydrogens (primary N) is 1. The molecule has 3 aromatic rings. The molecule has 40 heavy (non-hydrogen) atoms. The molecule has 0 radical (unpaired) electrons. The normalized spacial score (nSPS) is 24.1. The van der Waals surface area contributed by atoms with Crippen LogP contribution >= 0.6 is 0 Å². The molecule has 0 aliphatic heterocycles. The zero-order valence-electron chi connectivity index (χ0n) is 23.1. The van der Waals surface area contributed by atoms with Crippen molar-refractivity contribution < 1.29 is 18.7 Å². The molecule has 2 aliphatic carbocycles. The summed E-state index contributed by atoms with van der Waals surface area (Å²) in [5.41, 5.74) is 10.6. The Balaban J connectivity index is 1.28. The number of anilines is 1. The molecule has 0 unspecified atom stereocenters. The third-order valence-corrected chi connectivity index (χ3v) is 8.50. The van der Waals surface area contributed by atoms with Crippen molar-refractivity contribution in [3.8, 4) is 22.3 Å². The average molecular weight is 545 g/mol. The van der Waals surface area contributed by atoms with E-state index in [0.29, 0.717) is 25.1 Å². The van der Waals surface area contributed by atoms with Gasteiger partial charge in [0.15, 0.2) is 0 Å². The molecule has 2 saturated carbocycles. The molecule has 2 aromatic carbocycles. The van der Waals surface area contributed by atoms with Gasteiger partial charge in [-0.25, -0.2) is 14.2 Å². The number of benzene rings is 2. The van der Waals surface area contributed by atoms with Crippen LogP contribution in [0.1, 0.15) is 50.5 Å². The number of carbonyl (C=O) groups excluding carboxylic acids is 2. The number of pyridine rings is 1. The molecule has 1 aromatic heterocycles. The summed E-state index contributed by atoms with van der Waals surface area (Å²) in [4.78, 5) is 31.0. The fourth-order valence-electron chi connectivity index (χ4n) is 6.04. The van der Waals surface area contributed by atoms with Crippen LogP contribution in [0.15, 0.2) is 66.9 Å². The highest BCUT2D eigenvalue weighted by molar-refractivity contribution is 5.92. The van der Waals surface area contributed by atoms with E-state index in [0.717, 1.165) is 53.5 Å². The first-order chi connectivity index (χ1) is 19.3. The highest BCUT2D eigenvalue weighted by atomic mass is 19.1. The number of hydrogen-bond acceptors (Lipinski definition) is 5. The van der Waals surface area contributed by atoms with Crippen LogP contribution in [-0.2, 0) is 15.1 Å². The quantitative estimate of drug-likeness (QED) is 0.365. The summed E-state index contributed by atoms with van der Waals surface area (Å²) in [6, 6.07) is 20.0. The number of amides is 2. The fraction of sp³-hybridized carbons (Fsp3) is 0.406. The van der Waals surface area contributed by atoms with E-state index in [-0.39, 0.29) is 24.0 Å². The Morgan fingerprint density at radius 2 is 1.68 bits per heavy atom. The number of ether oxygens (including phenoxy) is 1. The Labute approximate surface area is 234 Å². The number of hydrogen-bond donors (Lipinski definition) is 2. The topological polar surface area (TPSA) is 97.5 Å². The lowest BCUT2D eigenvalue weighted by atomic mass is 9.71. The minimum atomic E-state index is -0.829. The van der Waals surface area contributed by atoms with Crippen molar-refractivity contribution in [1.82, 2.24) is 9.88 Å². The monoisotopic (exact) mass is 544 g/mol. The summed E-state index contributed by atoms with van der Waals surface area (Å²) in [6.45, 7) is 0. The molecule has 0 spiro atoms. The Bertz CT molecular complexity index is 1330. The van der Waals surface area contributed by atoms with Gasteiger partial charge in [0, 0.05) is 49.7 Å². The second-order valence-electron chi connectivity index (χ2n) is 11.2. The SMILES string of the molecule is COC(=O)N(C)[C@H]1CC[C@H](CC(=O)Nc2cc(-c3ccccc3)c(-c3ccc([C@]4(N)C[C@H](F)C4)cc3)cn2)CC1. The van der Waals surface area contributed by atoms with Crippen LogP contribution in [0.3, 0.4) is 0 Å². The number of methoxy groups -OCH3 is 1. The number of halogens is 1. The predicted octanol–water partition coefficient (Wildman–Crippen LogP) is 6.29. The maximum Gasteiger partial charge on any atom is 0.409 e. The Kier molecular flexibility index (Phi) is 8.17. The van der Waals surface area contributed by atoms with E-state index < -0.39 is 11.7 Å². The van der Waals surface area contributed by atoms with Crippen molar-refractivity contribution in [1.29, 1.82) is 0 Å². The summed E-state index contributed by atoms with van der Waals surface area (Å²) in [5.74, 6) is 0.712. The van der Waals surface area contributed by atoms with Gasteiger partial charge in [-0.2, -0.15) is 0 Å². The van der Waals surface area contributed by atoms with Gasteiger partial charge < -0.3 is 20.7 Å². The first kappa shape index (κ1) is 27.8. The summed E-state index contributed by atoms with van der Waals surface area (Å²) < 4.78 is 18.3. The van der Waals surface area contributed by atoms with Gasteiger partial charge in [-0.15, -0.1) is 0 Å². The molecule has 2 aliphatic rings. The molecule has 7 nitrogen and oxygen atoms in total. The molecule has 3 N–H and O–H groups in total. The lowest BCUT2D eigenvalue weighted by Gasteiger charge is -2.41. The first-order valence-electron chi connectivity index (χ1n) is 14.0. The summed E-state index contributed by atoms with van der Waals surface area (Å²) in [6.07, 6.45) is 5.23. The van der Waals surface area contributed by atoms with E-state index in [2.05, 4.69) is 10.3 Å². The third kappa shape index (κ3) is 6.02. The van der Waals surface area contributed by atoms with Gasteiger partial charge in [-0.1, -0.05) is 54.6 Å². The molecule has 0 atom stereocenters. The zero-order valence-corrected chi connectivity index (χ0v) is 23.1. The molecule has 0 saturated heterocycles. The third-order valence-electron chi connectivity index (χ3n) is 8.50. The minimum absolute atomic E-state index is 0.0618. The zero-order chi connectivity index (χ0) is 28.3. The van der Waals surface area contributed by atoms with Crippen molar-refractivity contribution in [3.63, 3.8) is 0 Å². The van der Waals surface area contributed by atoms with E-state index in [1.807, 2.05) is 60.7 Å². The Morgan fingerprint density at radius 1 is 1.02 bits per heavy atom. The van der Waals surface area contributed by atoms with Gasteiger partial charge in [0.05, 0.1) is 7.11 Å². The minimum Gasteiger partial charge on any atom is -0.453 e. The van der Waals surface area contributed by atoms with Gasteiger partial charge in [0.2, 0.25) is 5.91 Å². The Morgan fingerprint density at radius 3 is 2.30 bits per heavy atom. The number of nitrogens with zero attached hydrogens (tertiary/aromatic N) is 2. The van der Waals surface area contributed by atoms with Gasteiger partial charge in [0.1, 0.15) is 12.0 Å². The second kappa shape index (κ2) is 11.8. The van der Waals surface area contributed by atoms with Crippen molar-refractivity contribution in [2.75, 3.05) is 19.5 Å². The van der Waals surface area contributed by atoms with Crippen LogP contribution < -0.4 is 11.1 Å². The van der Waals surface area contributed by atoms with E-state index >= 15 is 0 Å². The molecule has 8 heteroatoms. The van der Waals surface area contributed by atoms with Crippen LogP contribution in [0, 0.1) is 5.92 Å². The number of nitrogens with one attached hydrogen (secondary N) is 1. The van der Waals surface area contributed by atoms with Gasteiger partial charge in [-0.3, -0.25) is 4.79 Å². The fourth-order valence-corrected chi connectivity index (χ4v) is 6.04. The number of carbonyl (C=O) groups is 2. The summed E-state index contributed by atoms with van der Waals surface area (Å²) in [7, 11) is 3.16. The Hall–Kier alpha value is -3.78. The molecule has 210 valence electrons. The van der Waals surface area contributed by atoms with Crippen LogP contribution in [0.25, 0.3) is 22.3 Å². The van der Waals surface area contributed by atoms with Crippen molar-refractivity contribution in [3.05, 3.63) is 72.4 Å². The second-order valence-corrected chi connectivity index (χ2v) is 11.2. The van der Waals surface area contributed by atoms with Crippen molar-refractivity contribution in [2.24, 2.45) is 11.7 Å². The van der Waals surface area contributed by atoms with Gasteiger partial charge >= 0.3 is 6.09 Å². The highest BCUT2D eigenvalue weighted by Gasteiger charge is 2.42. The average Bonchev–Trinajstić information content (AvgIpc) is 2.96. The van der Waals surface area contributed by atoms with E-state index in [1.54, 1.807) is 18.1 Å². The van der Waals surface area contributed by atoms with Crippen LogP contribution in [-0.4, -0.2) is 48.3 Å². The molecular weight excluding hydrogens is 507 g/mol. The molecule has 0 bridgehead atoms. The maximum absolute atomic E-state index is 13.5. The van der Waals surface area contributed by atoms with E-state index in [9.17, 15) is 14.0 Å². The molecule has 1 heterocycles. The largest absolute Gasteiger partial charge is 0.453 e.